The smallest absolute Gasteiger partial charge is 0.307 e. The first kappa shape index (κ1) is 13.1. The zero-order valence-corrected chi connectivity index (χ0v) is 9.66. The van der Waals surface area contributed by atoms with Gasteiger partial charge in [-0.25, -0.2) is 13.2 Å². The van der Waals surface area contributed by atoms with E-state index >= 15 is 0 Å². The SMILES string of the molecule is O=C(O)Cc1ccc(-c2ccc(F)cc2F)c(F)c1. The van der Waals surface area contributed by atoms with Crippen molar-refractivity contribution in [2.45, 2.75) is 6.42 Å². The number of benzene rings is 2. The fourth-order valence-corrected chi connectivity index (χ4v) is 1.77. The van der Waals surface area contributed by atoms with Crippen molar-refractivity contribution < 1.29 is 23.1 Å². The van der Waals surface area contributed by atoms with Crippen LogP contribution in [-0.2, 0) is 11.2 Å². The summed E-state index contributed by atoms with van der Waals surface area (Å²) >= 11 is 0. The molecule has 2 aromatic rings. The third kappa shape index (κ3) is 2.93. The minimum absolute atomic E-state index is 0.0355. The molecule has 0 bridgehead atoms. The quantitative estimate of drug-likeness (QED) is 0.924. The first-order valence-electron chi connectivity index (χ1n) is 5.43. The van der Waals surface area contributed by atoms with E-state index in [1.807, 2.05) is 0 Å². The molecule has 0 saturated heterocycles. The predicted molar refractivity (Wildman–Crippen MR) is 63.1 cm³/mol. The van der Waals surface area contributed by atoms with Crippen molar-refractivity contribution >= 4 is 5.97 Å². The fourth-order valence-electron chi connectivity index (χ4n) is 1.77. The number of hydrogen-bond acceptors (Lipinski definition) is 1. The second-order valence-electron chi connectivity index (χ2n) is 4.01. The molecule has 2 rings (SSSR count). The highest BCUT2D eigenvalue weighted by Gasteiger charge is 2.12. The zero-order chi connectivity index (χ0) is 14.0. The summed E-state index contributed by atoms with van der Waals surface area (Å²) in [5.41, 5.74) is 0.170. The van der Waals surface area contributed by atoms with Gasteiger partial charge in [-0.3, -0.25) is 4.79 Å². The number of hydrogen-bond donors (Lipinski definition) is 1. The van der Waals surface area contributed by atoms with Gasteiger partial charge in [0.2, 0.25) is 0 Å². The van der Waals surface area contributed by atoms with Gasteiger partial charge < -0.3 is 5.11 Å². The Morgan fingerprint density at radius 1 is 0.947 bits per heavy atom. The molecule has 5 heteroatoms. The van der Waals surface area contributed by atoms with E-state index in [2.05, 4.69) is 0 Å². The lowest BCUT2D eigenvalue weighted by Crippen LogP contribution is -2.01. The van der Waals surface area contributed by atoms with Gasteiger partial charge in [0.1, 0.15) is 17.5 Å². The van der Waals surface area contributed by atoms with Gasteiger partial charge in [-0.2, -0.15) is 0 Å². The van der Waals surface area contributed by atoms with E-state index < -0.39 is 23.4 Å². The van der Waals surface area contributed by atoms with Crippen LogP contribution in [0.3, 0.4) is 0 Å². The Labute approximate surface area is 107 Å². The number of carboxylic acids is 1. The second kappa shape index (κ2) is 5.14. The highest BCUT2D eigenvalue weighted by Crippen LogP contribution is 2.26. The minimum Gasteiger partial charge on any atom is -0.481 e. The van der Waals surface area contributed by atoms with E-state index in [-0.39, 0.29) is 23.1 Å². The molecule has 0 spiro atoms. The molecule has 0 atom stereocenters. The molecule has 0 saturated carbocycles. The van der Waals surface area contributed by atoms with Crippen LogP contribution in [0.15, 0.2) is 36.4 Å². The second-order valence-corrected chi connectivity index (χ2v) is 4.01. The number of rotatable bonds is 3. The highest BCUT2D eigenvalue weighted by molar-refractivity contribution is 5.71. The molecule has 0 amide bonds. The maximum atomic E-state index is 13.8. The van der Waals surface area contributed by atoms with Crippen molar-refractivity contribution in [3.05, 3.63) is 59.4 Å². The van der Waals surface area contributed by atoms with Crippen molar-refractivity contribution in [1.82, 2.24) is 0 Å². The summed E-state index contributed by atoms with van der Waals surface area (Å²) in [4.78, 5) is 10.5. The number of carbonyl (C=O) groups is 1. The molecule has 0 aliphatic rings. The summed E-state index contributed by atoms with van der Waals surface area (Å²) in [7, 11) is 0. The van der Waals surface area contributed by atoms with E-state index in [1.54, 1.807) is 0 Å². The molecule has 0 radical (unpaired) electrons. The van der Waals surface area contributed by atoms with Crippen LogP contribution < -0.4 is 0 Å². The first-order chi connectivity index (χ1) is 8.97. The average Bonchev–Trinajstić information content (AvgIpc) is 2.30. The lowest BCUT2D eigenvalue weighted by molar-refractivity contribution is -0.136. The summed E-state index contributed by atoms with van der Waals surface area (Å²) in [6.07, 6.45) is -0.316. The number of aliphatic carboxylic acids is 1. The molecule has 0 aromatic heterocycles. The average molecular weight is 266 g/mol. The molecular formula is C14H9F3O2. The van der Waals surface area contributed by atoms with Crippen molar-refractivity contribution in [2.75, 3.05) is 0 Å². The van der Waals surface area contributed by atoms with Crippen LogP contribution in [0.4, 0.5) is 13.2 Å². The third-order valence-corrected chi connectivity index (χ3v) is 2.61. The van der Waals surface area contributed by atoms with Gasteiger partial charge in [-0.05, 0) is 23.8 Å². The van der Waals surface area contributed by atoms with Crippen LogP contribution >= 0.6 is 0 Å². The Hall–Kier alpha value is -2.30. The van der Waals surface area contributed by atoms with Crippen LogP contribution in [-0.4, -0.2) is 11.1 Å². The Morgan fingerprint density at radius 3 is 2.05 bits per heavy atom. The van der Waals surface area contributed by atoms with Gasteiger partial charge in [0, 0.05) is 17.2 Å². The van der Waals surface area contributed by atoms with Crippen LogP contribution in [0.2, 0.25) is 0 Å². The molecule has 0 aliphatic heterocycles. The maximum Gasteiger partial charge on any atom is 0.307 e. The topological polar surface area (TPSA) is 37.3 Å². The third-order valence-electron chi connectivity index (χ3n) is 2.61. The molecule has 2 nitrogen and oxygen atoms in total. The number of carboxylic acid groups (broad SMARTS) is 1. The summed E-state index contributed by atoms with van der Waals surface area (Å²) in [5.74, 6) is -3.45. The predicted octanol–water partition coefficient (Wildman–Crippen LogP) is 3.40. The Bertz CT molecular complexity index is 639. The van der Waals surface area contributed by atoms with Gasteiger partial charge in [0.15, 0.2) is 0 Å². The summed E-state index contributed by atoms with van der Waals surface area (Å²) in [6.45, 7) is 0. The standard InChI is InChI=1S/C14H9F3O2/c15-9-2-4-11(13(17)7-9)10-3-1-8(5-12(10)16)6-14(18)19/h1-5,7H,6H2,(H,18,19). The highest BCUT2D eigenvalue weighted by atomic mass is 19.1. The lowest BCUT2D eigenvalue weighted by Gasteiger charge is -2.06. The zero-order valence-electron chi connectivity index (χ0n) is 9.66. The van der Waals surface area contributed by atoms with E-state index in [9.17, 15) is 18.0 Å². The van der Waals surface area contributed by atoms with E-state index in [0.717, 1.165) is 18.2 Å². The van der Waals surface area contributed by atoms with E-state index in [1.165, 1.54) is 12.1 Å². The minimum atomic E-state index is -1.08. The molecule has 1 N–H and O–H groups in total. The van der Waals surface area contributed by atoms with Gasteiger partial charge >= 0.3 is 5.97 Å². The summed E-state index contributed by atoms with van der Waals surface area (Å²) in [6, 6.07) is 6.55. The molecule has 0 fully saturated rings. The van der Waals surface area contributed by atoms with Crippen molar-refractivity contribution in [1.29, 1.82) is 0 Å². The first-order valence-corrected chi connectivity index (χ1v) is 5.43. The molecule has 0 heterocycles. The summed E-state index contributed by atoms with van der Waals surface area (Å²) < 4.78 is 40.1. The lowest BCUT2D eigenvalue weighted by atomic mass is 10.0. The van der Waals surface area contributed by atoms with Gasteiger partial charge in [0.25, 0.3) is 0 Å². The molecule has 0 unspecified atom stereocenters. The Balaban J connectivity index is 2.43. The van der Waals surface area contributed by atoms with Gasteiger partial charge in [0.05, 0.1) is 6.42 Å². The Morgan fingerprint density at radius 2 is 1.53 bits per heavy atom. The molecule has 19 heavy (non-hydrogen) atoms. The molecular weight excluding hydrogens is 257 g/mol. The normalized spacial score (nSPS) is 10.5. The number of halogens is 3. The van der Waals surface area contributed by atoms with Gasteiger partial charge in [-0.1, -0.05) is 12.1 Å². The molecule has 98 valence electrons. The largest absolute Gasteiger partial charge is 0.481 e. The van der Waals surface area contributed by atoms with Crippen molar-refractivity contribution in [3.8, 4) is 11.1 Å². The Kier molecular flexibility index (Phi) is 3.55. The molecule has 0 aliphatic carbocycles. The van der Waals surface area contributed by atoms with Crippen LogP contribution in [0.1, 0.15) is 5.56 Å². The van der Waals surface area contributed by atoms with Crippen molar-refractivity contribution in [2.24, 2.45) is 0 Å². The van der Waals surface area contributed by atoms with Crippen LogP contribution in [0.25, 0.3) is 11.1 Å². The van der Waals surface area contributed by atoms with Gasteiger partial charge in [-0.15, -0.1) is 0 Å². The van der Waals surface area contributed by atoms with E-state index in [4.69, 9.17) is 5.11 Å². The van der Waals surface area contributed by atoms with E-state index in [0.29, 0.717) is 6.07 Å². The monoisotopic (exact) mass is 266 g/mol. The fraction of sp³-hybridized carbons (Fsp3) is 0.0714. The van der Waals surface area contributed by atoms with Crippen LogP contribution in [0.5, 0.6) is 0 Å². The summed E-state index contributed by atoms with van der Waals surface area (Å²) in [5, 5.41) is 8.59. The van der Waals surface area contributed by atoms with Crippen molar-refractivity contribution in [3.63, 3.8) is 0 Å². The maximum absolute atomic E-state index is 13.8. The molecule has 2 aromatic carbocycles. The van der Waals surface area contributed by atoms with Crippen LogP contribution in [0, 0.1) is 17.5 Å².